The van der Waals surface area contributed by atoms with Crippen LogP contribution in [-0.4, -0.2) is 44.5 Å². The lowest BCUT2D eigenvalue weighted by Gasteiger charge is -2.29. The summed E-state index contributed by atoms with van der Waals surface area (Å²) < 4.78 is 36.5. The fourth-order valence-corrected chi connectivity index (χ4v) is 3.76. The third-order valence-corrected chi connectivity index (χ3v) is 5.20. The number of hydrogen-bond acceptors (Lipinski definition) is 4. The standard InChI is InChI=1S/C13H19FN2O2S/c14-12-4-1-3-11(9-12)13(10-15)16-5-2-7-19(17,18)8-6-16/h1,3-4,9,13H,2,5-8,10,15H2. The molecule has 1 aromatic carbocycles. The fraction of sp³-hybridized carbons (Fsp3) is 0.538. The highest BCUT2D eigenvalue weighted by atomic mass is 32.2. The van der Waals surface area contributed by atoms with Crippen LogP contribution in [0.1, 0.15) is 18.0 Å². The molecular weight excluding hydrogens is 267 g/mol. The summed E-state index contributed by atoms with van der Waals surface area (Å²) in [4.78, 5) is 2.04. The van der Waals surface area contributed by atoms with Crippen molar-refractivity contribution >= 4 is 9.84 Å². The first-order chi connectivity index (χ1) is 9.02. The molecule has 0 bridgehead atoms. The smallest absolute Gasteiger partial charge is 0.151 e. The molecular formula is C13H19FN2O2S. The van der Waals surface area contributed by atoms with Gasteiger partial charge in [-0.3, -0.25) is 4.90 Å². The topological polar surface area (TPSA) is 63.4 Å². The van der Waals surface area contributed by atoms with Gasteiger partial charge in [-0.25, -0.2) is 12.8 Å². The van der Waals surface area contributed by atoms with Crippen LogP contribution in [0.4, 0.5) is 4.39 Å². The van der Waals surface area contributed by atoms with Gasteiger partial charge in [0.2, 0.25) is 0 Å². The number of nitrogens with zero attached hydrogens (tertiary/aromatic N) is 1. The van der Waals surface area contributed by atoms with Gasteiger partial charge < -0.3 is 5.73 Å². The molecule has 0 aromatic heterocycles. The monoisotopic (exact) mass is 286 g/mol. The highest BCUT2D eigenvalue weighted by Crippen LogP contribution is 2.22. The van der Waals surface area contributed by atoms with E-state index in [0.717, 1.165) is 5.56 Å². The normalized spacial score (nSPS) is 21.8. The molecule has 0 amide bonds. The van der Waals surface area contributed by atoms with Crippen LogP contribution in [0.2, 0.25) is 0 Å². The minimum Gasteiger partial charge on any atom is -0.329 e. The highest BCUT2D eigenvalue weighted by molar-refractivity contribution is 7.91. The Morgan fingerprint density at radius 3 is 2.79 bits per heavy atom. The van der Waals surface area contributed by atoms with Crippen molar-refractivity contribution in [3.05, 3.63) is 35.6 Å². The lowest BCUT2D eigenvalue weighted by atomic mass is 10.0. The molecule has 1 fully saturated rings. The van der Waals surface area contributed by atoms with Crippen LogP contribution in [0.5, 0.6) is 0 Å². The molecule has 1 atom stereocenters. The van der Waals surface area contributed by atoms with E-state index in [1.165, 1.54) is 12.1 Å². The SMILES string of the molecule is NCC(c1cccc(F)c1)N1CCCS(=O)(=O)CC1. The van der Waals surface area contributed by atoms with Crippen LogP contribution in [0.15, 0.2) is 24.3 Å². The summed E-state index contributed by atoms with van der Waals surface area (Å²) in [5, 5.41) is 0. The van der Waals surface area contributed by atoms with E-state index in [1.807, 2.05) is 11.0 Å². The Bertz CT molecular complexity index is 533. The third-order valence-electron chi connectivity index (χ3n) is 3.49. The quantitative estimate of drug-likeness (QED) is 0.898. The summed E-state index contributed by atoms with van der Waals surface area (Å²) in [6.07, 6.45) is 0.605. The van der Waals surface area contributed by atoms with Crippen LogP contribution >= 0.6 is 0 Å². The Hall–Kier alpha value is -0.980. The largest absolute Gasteiger partial charge is 0.329 e. The number of benzene rings is 1. The summed E-state index contributed by atoms with van der Waals surface area (Å²) in [5.41, 5.74) is 6.60. The maximum atomic E-state index is 13.3. The van der Waals surface area contributed by atoms with E-state index in [4.69, 9.17) is 5.73 Å². The Labute approximate surface area is 113 Å². The first-order valence-electron chi connectivity index (χ1n) is 6.42. The van der Waals surface area contributed by atoms with Crippen molar-refractivity contribution in [3.63, 3.8) is 0 Å². The minimum absolute atomic E-state index is 0.121. The number of halogens is 1. The second-order valence-electron chi connectivity index (χ2n) is 4.85. The molecule has 0 radical (unpaired) electrons. The third kappa shape index (κ3) is 3.75. The maximum Gasteiger partial charge on any atom is 0.151 e. The summed E-state index contributed by atoms with van der Waals surface area (Å²) in [7, 11) is -2.94. The lowest BCUT2D eigenvalue weighted by molar-refractivity contribution is 0.217. The van der Waals surface area contributed by atoms with Gasteiger partial charge in [0.05, 0.1) is 11.5 Å². The van der Waals surface area contributed by atoms with Crippen molar-refractivity contribution in [1.82, 2.24) is 4.90 Å². The molecule has 1 unspecified atom stereocenters. The van der Waals surface area contributed by atoms with Crippen molar-refractivity contribution in [2.24, 2.45) is 5.73 Å². The summed E-state index contributed by atoms with van der Waals surface area (Å²) in [6, 6.07) is 6.23. The van der Waals surface area contributed by atoms with Gasteiger partial charge in [0, 0.05) is 19.1 Å². The lowest BCUT2D eigenvalue weighted by Crippen LogP contribution is -2.36. The van der Waals surface area contributed by atoms with Crippen LogP contribution in [0.25, 0.3) is 0 Å². The Kier molecular flexibility index (Phi) is 4.54. The summed E-state index contributed by atoms with van der Waals surface area (Å²) in [5.74, 6) is 0.0846. The van der Waals surface area contributed by atoms with Crippen molar-refractivity contribution < 1.29 is 12.8 Å². The van der Waals surface area contributed by atoms with Gasteiger partial charge in [0.15, 0.2) is 9.84 Å². The Morgan fingerprint density at radius 2 is 2.11 bits per heavy atom. The van der Waals surface area contributed by atoms with E-state index in [-0.39, 0.29) is 23.4 Å². The van der Waals surface area contributed by atoms with E-state index in [9.17, 15) is 12.8 Å². The molecule has 0 spiro atoms. The zero-order valence-corrected chi connectivity index (χ0v) is 11.6. The molecule has 19 heavy (non-hydrogen) atoms. The molecule has 106 valence electrons. The van der Waals surface area contributed by atoms with Crippen LogP contribution in [0.3, 0.4) is 0 Å². The van der Waals surface area contributed by atoms with E-state index >= 15 is 0 Å². The second kappa shape index (κ2) is 5.98. The fourth-order valence-electron chi connectivity index (χ4n) is 2.48. The van der Waals surface area contributed by atoms with Gasteiger partial charge in [0.25, 0.3) is 0 Å². The molecule has 2 N–H and O–H groups in total. The predicted octanol–water partition coefficient (Wildman–Crippen LogP) is 0.946. The molecule has 1 aliphatic heterocycles. The molecule has 1 aliphatic rings. The van der Waals surface area contributed by atoms with Crippen LogP contribution in [-0.2, 0) is 9.84 Å². The Balaban J connectivity index is 2.18. The van der Waals surface area contributed by atoms with E-state index in [0.29, 0.717) is 26.1 Å². The zero-order chi connectivity index (χ0) is 13.9. The average molecular weight is 286 g/mol. The molecule has 1 aromatic rings. The van der Waals surface area contributed by atoms with Gasteiger partial charge in [-0.05, 0) is 30.7 Å². The highest BCUT2D eigenvalue weighted by Gasteiger charge is 2.25. The molecule has 0 saturated carbocycles. The number of sulfone groups is 1. The number of hydrogen-bond donors (Lipinski definition) is 1. The molecule has 4 nitrogen and oxygen atoms in total. The van der Waals surface area contributed by atoms with Gasteiger partial charge >= 0.3 is 0 Å². The number of rotatable bonds is 3. The first-order valence-corrected chi connectivity index (χ1v) is 8.24. The molecule has 6 heteroatoms. The van der Waals surface area contributed by atoms with E-state index < -0.39 is 9.84 Å². The van der Waals surface area contributed by atoms with Gasteiger partial charge in [0.1, 0.15) is 5.82 Å². The second-order valence-corrected chi connectivity index (χ2v) is 7.15. The maximum absolute atomic E-state index is 13.3. The van der Waals surface area contributed by atoms with E-state index in [2.05, 4.69) is 0 Å². The molecule has 2 rings (SSSR count). The predicted molar refractivity (Wildman–Crippen MR) is 73.0 cm³/mol. The van der Waals surface area contributed by atoms with Crippen molar-refractivity contribution in [2.45, 2.75) is 12.5 Å². The summed E-state index contributed by atoms with van der Waals surface area (Å²) in [6.45, 7) is 1.49. The minimum atomic E-state index is -2.94. The molecule has 1 saturated heterocycles. The zero-order valence-electron chi connectivity index (χ0n) is 10.8. The van der Waals surface area contributed by atoms with Crippen molar-refractivity contribution in [1.29, 1.82) is 0 Å². The first kappa shape index (κ1) is 14.4. The molecule has 1 heterocycles. The Morgan fingerprint density at radius 1 is 1.32 bits per heavy atom. The van der Waals surface area contributed by atoms with Gasteiger partial charge in [-0.1, -0.05) is 12.1 Å². The van der Waals surface area contributed by atoms with Gasteiger partial charge in [-0.2, -0.15) is 0 Å². The average Bonchev–Trinajstić information content (AvgIpc) is 2.52. The van der Waals surface area contributed by atoms with E-state index in [1.54, 1.807) is 6.07 Å². The number of nitrogens with two attached hydrogens (primary N) is 1. The van der Waals surface area contributed by atoms with Crippen LogP contribution < -0.4 is 5.73 Å². The van der Waals surface area contributed by atoms with Crippen LogP contribution in [0, 0.1) is 5.82 Å². The van der Waals surface area contributed by atoms with Crippen molar-refractivity contribution in [3.8, 4) is 0 Å². The van der Waals surface area contributed by atoms with Crippen molar-refractivity contribution in [2.75, 3.05) is 31.1 Å². The molecule has 0 aliphatic carbocycles. The summed E-state index contributed by atoms with van der Waals surface area (Å²) >= 11 is 0. The van der Waals surface area contributed by atoms with Gasteiger partial charge in [-0.15, -0.1) is 0 Å².